The second-order valence-corrected chi connectivity index (χ2v) is 9.62. The average molecular weight is 521 g/mol. The molecule has 2 saturated carbocycles. The summed E-state index contributed by atoms with van der Waals surface area (Å²) in [5, 5.41) is 5.44. The molecule has 2 aliphatic rings. The molecule has 38 heavy (non-hydrogen) atoms. The van der Waals surface area contributed by atoms with Crippen LogP contribution in [0.25, 0.3) is 0 Å². The molecule has 0 spiro atoms. The number of anilines is 2. The molecular formula is C28H32N4O6. The summed E-state index contributed by atoms with van der Waals surface area (Å²) < 4.78 is 11.3. The maximum atomic E-state index is 13.1. The van der Waals surface area contributed by atoms with Crippen LogP contribution in [0.3, 0.4) is 0 Å². The number of esters is 2. The van der Waals surface area contributed by atoms with E-state index in [-0.39, 0.29) is 0 Å². The fraction of sp³-hybridized carbons (Fsp3) is 0.429. The molecule has 2 amide bonds. The molecule has 2 aromatic rings. The molecule has 10 heteroatoms. The van der Waals surface area contributed by atoms with E-state index in [1.165, 1.54) is 0 Å². The van der Waals surface area contributed by atoms with Gasteiger partial charge in [0.2, 0.25) is 0 Å². The summed E-state index contributed by atoms with van der Waals surface area (Å²) in [6, 6.07) is 10.2. The van der Waals surface area contributed by atoms with E-state index in [0.29, 0.717) is 37.3 Å². The number of hydrogen-bond acceptors (Lipinski definition) is 8. The Morgan fingerprint density at radius 2 is 1.03 bits per heavy atom. The van der Waals surface area contributed by atoms with Crippen molar-refractivity contribution in [2.45, 2.75) is 75.4 Å². The molecule has 0 aliphatic heterocycles. The molecule has 200 valence electrons. The zero-order valence-corrected chi connectivity index (χ0v) is 21.2. The van der Waals surface area contributed by atoms with Gasteiger partial charge < -0.3 is 20.1 Å². The van der Waals surface area contributed by atoms with Crippen molar-refractivity contribution in [1.29, 1.82) is 0 Å². The highest BCUT2D eigenvalue weighted by Gasteiger charge is 2.44. The first-order valence-electron chi connectivity index (χ1n) is 13.0. The van der Waals surface area contributed by atoms with Crippen LogP contribution in [-0.4, -0.2) is 44.9 Å². The molecule has 2 fully saturated rings. The number of rotatable bonds is 8. The maximum Gasteiger partial charge on any atom is 0.332 e. The molecule has 0 atom stereocenters. The number of ether oxygens (including phenoxy) is 2. The van der Waals surface area contributed by atoms with Crippen LogP contribution in [0.2, 0.25) is 0 Å². The normalized spacial score (nSPS) is 18.2. The van der Waals surface area contributed by atoms with Crippen LogP contribution in [0.1, 0.15) is 64.2 Å². The highest BCUT2D eigenvalue weighted by Crippen LogP contribution is 2.34. The van der Waals surface area contributed by atoms with E-state index in [0.717, 1.165) is 50.7 Å². The fourth-order valence-corrected chi connectivity index (χ4v) is 4.92. The number of hydrogen-bond donors (Lipinski definition) is 2. The monoisotopic (exact) mass is 520 g/mol. The lowest BCUT2D eigenvalue weighted by molar-refractivity contribution is -0.167. The number of nitrogens with one attached hydrogen (secondary N) is 2. The molecule has 2 heterocycles. The van der Waals surface area contributed by atoms with E-state index in [1.54, 1.807) is 48.8 Å². The molecular weight excluding hydrogens is 488 g/mol. The third-order valence-corrected chi connectivity index (χ3v) is 6.91. The molecule has 10 nitrogen and oxygen atoms in total. The van der Waals surface area contributed by atoms with Crippen LogP contribution in [0.15, 0.2) is 60.9 Å². The summed E-state index contributed by atoms with van der Waals surface area (Å²) in [4.78, 5) is 59.9. The molecule has 4 rings (SSSR count). The first-order valence-corrected chi connectivity index (χ1v) is 13.0. The zero-order chi connectivity index (χ0) is 26.8. The topological polar surface area (TPSA) is 137 Å². The highest BCUT2D eigenvalue weighted by molar-refractivity contribution is 6.01. The molecule has 2 aromatic heterocycles. The van der Waals surface area contributed by atoms with Crippen molar-refractivity contribution in [2.75, 3.05) is 10.6 Å². The summed E-state index contributed by atoms with van der Waals surface area (Å²) in [6.45, 7) is 0. The van der Waals surface area contributed by atoms with Crippen molar-refractivity contribution in [3.05, 3.63) is 60.9 Å². The number of carbonyl (C=O) groups is 4. The summed E-state index contributed by atoms with van der Waals surface area (Å²) in [5.74, 6) is -1.86. The van der Waals surface area contributed by atoms with Crippen molar-refractivity contribution in [3.8, 4) is 0 Å². The van der Waals surface area contributed by atoms with Crippen molar-refractivity contribution in [2.24, 2.45) is 0 Å². The number of nitrogens with zero attached hydrogens (tertiary/aromatic N) is 2. The van der Waals surface area contributed by atoms with E-state index in [4.69, 9.17) is 9.47 Å². The van der Waals surface area contributed by atoms with Gasteiger partial charge in [0.15, 0.2) is 11.2 Å². The summed E-state index contributed by atoms with van der Waals surface area (Å²) in [5.41, 5.74) is -2.71. The zero-order valence-electron chi connectivity index (χ0n) is 21.2. The minimum atomic E-state index is -1.35. The van der Waals surface area contributed by atoms with Crippen LogP contribution >= 0.6 is 0 Å². The van der Waals surface area contributed by atoms with Gasteiger partial charge in [-0.1, -0.05) is 25.0 Å². The minimum absolute atomic E-state index is 0.361. The van der Waals surface area contributed by atoms with Gasteiger partial charge in [0, 0.05) is 24.5 Å². The molecule has 0 unspecified atom stereocenters. The Bertz CT molecular complexity index is 1060. The summed E-state index contributed by atoms with van der Waals surface area (Å²) >= 11 is 0. The van der Waals surface area contributed by atoms with Gasteiger partial charge in [-0.2, -0.15) is 0 Å². The van der Waals surface area contributed by atoms with Gasteiger partial charge >= 0.3 is 11.9 Å². The number of pyridine rings is 2. The van der Waals surface area contributed by atoms with Crippen molar-refractivity contribution < 1.29 is 28.7 Å². The molecule has 0 radical (unpaired) electrons. The van der Waals surface area contributed by atoms with E-state index in [1.807, 2.05) is 0 Å². The van der Waals surface area contributed by atoms with Gasteiger partial charge in [-0.3, -0.25) is 9.59 Å². The van der Waals surface area contributed by atoms with Gasteiger partial charge in [-0.25, -0.2) is 19.6 Å². The van der Waals surface area contributed by atoms with E-state index in [2.05, 4.69) is 20.6 Å². The third kappa shape index (κ3) is 6.81. The van der Waals surface area contributed by atoms with E-state index >= 15 is 0 Å². The SMILES string of the molecule is O=C(/C=C\C(=O)OC1(C(=O)Nc2ccccn2)CCCCC1)OC1(C(=O)Nc2ccccn2)CCCCC1. The van der Waals surface area contributed by atoms with E-state index < -0.39 is 35.0 Å². The van der Waals surface area contributed by atoms with Gasteiger partial charge in [-0.05, 0) is 75.6 Å². The largest absolute Gasteiger partial charge is 0.446 e. The van der Waals surface area contributed by atoms with Gasteiger partial charge in [-0.15, -0.1) is 0 Å². The van der Waals surface area contributed by atoms with Gasteiger partial charge in [0.05, 0.1) is 0 Å². The molecule has 0 aromatic carbocycles. The fourth-order valence-electron chi connectivity index (χ4n) is 4.92. The second-order valence-electron chi connectivity index (χ2n) is 9.62. The van der Waals surface area contributed by atoms with Crippen LogP contribution in [0.5, 0.6) is 0 Å². The first kappa shape index (κ1) is 27.0. The number of aromatic nitrogens is 2. The van der Waals surface area contributed by atoms with Crippen LogP contribution in [-0.2, 0) is 28.7 Å². The lowest BCUT2D eigenvalue weighted by atomic mass is 9.83. The van der Waals surface area contributed by atoms with Crippen LogP contribution in [0, 0.1) is 0 Å². The smallest absolute Gasteiger partial charge is 0.332 e. The Balaban J connectivity index is 1.40. The molecule has 0 bridgehead atoms. The Morgan fingerprint density at radius 3 is 1.37 bits per heavy atom. The number of amides is 2. The molecule has 0 saturated heterocycles. The first-order chi connectivity index (χ1) is 18.4. The Hall–Kier alpha value is -4.08. The minimum Gasteiger partial charge on any atom is -0.446 e. The Kier molecular flexibility index (Phi) is 8.83. The molecule has 2 aliphatic carbocycles. The quantitative estimate of drug-likeness (QED) is 0.392. The van der Waals surface area contributed by atoms with Gasteiger partial charge in [0.25, 0.3) is 11.8 Å². The standard InChI is InChI=1S/C28H32N4O6/c33-23(37-27(15-5-1-6-16-27)25(35)31-21-11-3-9-19-29-21)13-14-24(34)38-28(17-7-2-8-18-28)26(36)32-22-12-4-10-20-30-22/h3-4,9-14,19-20H,1-2,5-8,15-18H2,(H,29,31,35)(H,30,32,36)/b14-13-. The predicted octanol–water partition coefficient (Wildman–Crippen LogP) is 4.10. The Labute approximate surface area is 221 Å². The van der Waals surface area contributed by atoms with Crippen molar-refractivity contribution in [1.82, 2.24) is 9.97 Å². The average Bonchev–Trinajstić information content (AvgIpc) is 2.94. The second kappa shape index (κ2) is 12.4. The van der Waals surface area contributed by atoms with Crippen molar-refractivity contribution >= 4 is 35.4 Å². The van der Waals surface area contributed by atoms with E-state index in [9.17, 15) is 19.2 Å². The summed E-state index contributed by atoms with van der Waals surface area (Å²) in [7, 11) is 0. The van der Waals surface area contributed by atoms with Crippen LogP contribution < -0.4 is 10.6 Å². The number of carbonyl (C=O) groups excluding carboxylic acids is 4. The third-order valence-electron chi connectivity index (χ3n) is 6.91. The van der Waals surface area contributed by atoms with Crippen LogP contribution in [0.4, 0.5) is 11.6 Å². The predicted molar refractivity (Wildman–Crippen MR) is 139 cm³/mol. The van der Waals surface area contributed by atoms with Gasteiger partial charge in [0.1, 0.15) is 11.6 Å². The molecule has 2 N–H and O–H groups in total. The van der Waals surface area contributed by atoms with Crippen molar-refractivity contribution in [3.63, 3.8) is 0 Å². The Morgan fingerprint density at radius 1 is 0.632 bits per heavy atom. The lowest BCUT2D eigenvalue weighted by Gasteiger charge is -2.35. The lowest BCUT2D eigenvalue weighted by Crippen LogP contribution is -2.48. The highest BCUT2D eigenvalue weighted by atomic mass is 16.6. The maximum absolute atomic E-state index is 13.1. The summed E-state index contributed by atoms with van der Waals surface area (Å²) in [6.07, 6.45) is 11.2.